The van der Waals surface area contributed by atoms with Gasteiger partial charge in [0.1, 0.15) is 11.5 Å². The van der Waals surface area contributed by atoms with Gasteiger partial charge in [0.15, 0.2) is 0 Å². The summed E-state index contributed by atoms with van der Waals surface area (Å²) in [7, 11) is 0. The Bertz CT molecular complexity index is 563. The van der Waals surface area contributed by atoms with Crippen LogP contribution in [-0.4, -0.2) is 16.1 Å². The Morgan fingerprint density at radius 3 is 2.53 bits per heavy atom. The van der Waals surface area contributed by atoms with E-state index in [4.69, 9.17) is 5.73 Å². The van der Waals surface area contributed by atoms with Crippen LogP contribution < -0.4 is 22.3 Å². The third kappa shape index (κ3) is 2.39. The van der Waals surface area contributed by atoms with Crippen molar-refractivity contribution in [3.63, 3.8) is 0 Å². The van der Waals surface area contributed by atoms with Crippen LogP contribution in [0.25, 0.3) is 0 Å². The fourth-order valence-electron chi connectivity index (χ4n) is 2.68. The summed E-state index contributed by atoms with van der Waals surface area (Å²) in [4.78, 5) is 25.7. The number of nitrogens with one attached hydrogen (secondary N) is 2. The van der Waals surface area contributed by atoms with Crippen molar-refractivity contribution >= 4 is 11.5 Å². The number of nitrogens with zero attached hydrogens (tertiary/aromatic N) is 1. The second kappa shape index (κ2) is 5.11. The van der Waals surface area contributed by atoms with Crippen molar-refractivity contribution in [3.05, 3.63) is 20.8 Å². The van der Waals surface area contributed by atoms with E-state index in [1.807, 2.05) is 6.92 Å². The van der Waals surface area contributed by atoms with Crippen molar-refractivity contribution in [1.29, 1.82) is 0 Å². The molecule has 106 valence electrons. The van der Waals surface area contributed by atoms with E-state index in [2.05, 4.69) is 17.2 Å². The highest BCUT2D eigenvalue weighted by Crippen LogP contribution is 2.43. The molecule has 0 amide bonds. The Morgan fingerprint density at radius 2 is 2.05 bits per heavy atom. The maximum absolute atomic E-state index is 11.8. The van der Waals surface area contributed by atoms with Crippen LogP contribution in [0.5, 0.6) is 0 Å². The predicted octanol–water partition coefficient (Wildman–Crippen LogP) is 1.13. The number of aromatic nitrogens is 2. The van der Waals surface area contributed by atoms with E-state index in [0.29, 0.717) is 12.2 Å². The molecule has 0 saturated heterocycles. The van der Waals surface area contributed by atoms with E-state index in [1.54, 1.807) is 0 Å². The minimum absolute atomic E-state index is 0.224. The summed E-state index contributed by atoms with van der Waals surface area (Å²) in [5.41, 5.74) is 5.62. The van der Waals surface area contributed by atoms with Crippen molar-refractivity contribution in [2.75, 3.05) is 17.6 Å². The molecule has 0 aromatic carbocycles. The standard InChI is InChI=1S/C13H22N4O2/c1-3-13(6-5-7-13)8-15-9-10(14)17(4-2)12(19)16-11(9)18/h15H,3-8,14H2,1-2H3,(H,16,18,19). The number of nitrogens with two attached hydrogens (primary N) is 1. The summed E-state index contributed by atoms with van der Waals surface area (Å²) in [6.07, 6.45) is 4.70. The van der Waals surface area contributed by atoms with Gasteiger partial charge in [-0.1, -0.05) is 13.3 Å². The highest BCUT2D eigenvalue weighted by atomic mass is 16.2. The van der Waals surface area contributed by atoms with Crippen molar-refractivity contribution < 1.29 is 0 Å². The first-order valence-electron chi connectivity index (χ1n) is 6.89. The summed E-state index contributed by atoms with van der Waals surface area (Å²) in [5.74, 6) is 0.224. The first-order chi connectivity index (χ1) is 9.03. The van der Waals surface area contributed by atoms with Gasteiger partial charge in [-0.25, -0.2) is 4.79 Å². The maximum atomic E-state index is 11.8. The van der Waals surface area contributed by atoms with Crippen molar-refractivity contribution in [1.82, 2.24) is 9.55 Å². The molecule has 2 rings (SSSR count). The molecule has 6 nitrogen and oxygen atoms in total. The van der Waals surface area contributed by atoms with Gasteiger partial charge in [-0.3, -0.25) is 14.3 Å². The molecule has 1 heterocycles. The monoisotopic (exact) mass is 266 g/mol. The number of H-pyrrole nitrogens is 1. The molecule has 1 aliphatic carbocycles. The van der Waals surface area contributed by atoms with Crippen molar-refractivity contribution in [3.8, 4) is 0 Å². The normalized spacial score (nSPS) is 16.9. The lowest BCUT2D eigenvalue weighted by Gasteiger charge is -2.41. The number of nitrogen functional groups attached to an aromatic ring is 1. The molecule has 0 aliphatic heterocycles. The van der Waals surface area contributed by atoms with E-state index < -0.39 is 11.2 Å². The highest BCUT2D eigenvalue weighted by molar-refractivity contribution is 5.60. The van der Waals surface area contributed by atoms with E-state index >= 15 is 0 Å². The number of hydrogen-bond acceptors (Lipinski definition) is 4. The minimum Gasteiger partial charge on any atom is -0.383 e. The quantitative estimate of drug-likeness (QED) is 0.745. The van der Waals surface area contributed by atoms with Gasteiger partial charge < -0.3 is 11.1 Å². The Balaban J connectivity index is 2.25. The summed E-state index contributed by atoms with van der Waals surface area (Å²) < 4.78 is 1.36. The van der Waals surface area contributed by atoms with Gasteiger partial charge in [0.25, 0.3) is 5.56 Å². The van der Waals surface area contributed by atoms with Gasteiger partial charge in [0, 0.05) is 13.1 Å². The lowest BCUT2D eigenvalue weighted by atomic mass is 9.67. The lowest BCUT2D eigenvalue weighted by molar-refractivity contribution is 0.145. The molecule has 1 aromatic heterocycles. The SMILES string of the molecule is CCn1c(N)c(NCC2(CC)CCC2)c(=O)[nH]c1=O. The Kier molecular flexibility index (Phi) is 3.68. The van der Waals surface area contributed by atoms with Crippen LogP contribution >= 0.6 is 0 Å². The van der Waals surface area contributed by atoms with Gasteiger partial charge in [-0.05, 0) is 31.6 Å². The number of rotatable bonds is 5. The van der Waals surface area contributed by atoms with Crippen molar-refractivity contribution in [2.45, 2.75) is 46.1 Å². The molecule has 0 atom stereocenters. The number of aromatic amines is 1. The summed E-state index contributed by atoms with van der Waals surface area (Å²) >= 11 is 0. The zero-order valence-corrected chi connectivity index (χ0v) is 11.6. The van der Waals surface area contributed by atoms with Crippen LogP contribution in [0.1, 0.15) is 39.5 Å². The van der Waals surface area contributed by atoms with Gasteiger partial charge in [0.05, 0.1) is 0 Å². The molecule has 0 spiro atoms. The van der Waals surface area contributed by atoms with Crippen molar-refractivity contribution in [2.24, 2.45) is 5.41 Å². The minimum atomic E-state index is -0.454. The van der Waals surface area contributed by atoms with E-state index in [9.17, 15) is 9.59 Å². The predicted molar refractivity (Wildman–Crippen MR) is 76.5 cm³/mol. The summed E-state index contributed by atoms with van der Waals surface area (Å²) in [5, 5.41) is 3.15. The van der Waals surface area contributed by atoms with Crippen LogP contribution in [0.3, 0.4) is 0 Å². The van der Waals surface area contributed by atoms with Crippen LogP contribution in [-0.2, 0) is 6.54 Å². The zero-order chi connectivity index (χ0) is 14.0. The molecule has 0 radical (unpaired) electrons. The molecular formula is C13H22N4O2. The topological polar surface area (TPSA) is 92.9 Å². The largest absolute Gasteiger partial charge is 0.383 e. The smallest absolute Gasteiger partial charge is 0.330 e. The molecular weight excluding hydrogens is 244 g/mol. The van der Waals surface area contributed by atoms with E-state index in [1.165, 1.54) is 23.8 Å². The van der Waals surface area contributed by atoms with Crippen LogP contribution in [0, 0.1) is 5.41 Å². The van der Waals surface area contributed by atoms with Gasteiger partial charge in [-0.15, -0.1) is 0 Å². The second-order valence-corrected chi connectivity index (χ2v) is 5.32. The molecule has 0 bridgehead atoms. The number of hydrogen-bond donors (Lipinski definition) is 3. The molecule has 0 unspecified atom stereocenters. The lowest BCUT2D eigenvalue weighted by Crippen LogP contribution is -2.39. The molecule has 1 aromatic rings. The average molecular weight is 266 g/mol. The van der Waals surface area contributed by atoms with Gasteiger partial charge in [0.2, 0.25) is 0 Å². The average Bonchev–Trinajstić information content (AvgIpc) is 2.32. The van der Waals surface area contributed by atoms with Gasteiger partial charge in [-0.2, -0.15) is 0 Å². The second-order valence-electron chi connectivity index (χ2n) is 5.32. The molecule has 1 aliphatic rings. The summed E-state index contributed by atoms with van der Waals surface area (Å²) in [6.45, 7) is 5.16. The molecule has 19 heavy (non-hydrogen) atoms. The molecule has 1 fully saturated rings. The van der Waals surface area contributed by atoms with Crippen LogP contribution in [0.2, 0.25) is 0 Å². The fraction of sp³-hybridized carbons (Fsp3) is 0.692. The Hall–Kier alpha value is -1.72. The highest BCUT2D eigenvalue weighted by Gasteiger charge is 2.35. The summed E-state index contributed by atoms with van der Waals surface area (Å²) in [6, 6.07) is 0. The number of anilines is 2. The Labute approximate surface area is 112 Å². The van der Waals surface area contributed by atoms with Crippen LogP contribution in [0.15, 0.2) is 9.59 Å². The van der Waals surface area contributed by atoms with E-state index in [0.717, 1.165) is 13.0 Å². The zero-order valence-electron chi connectivity index (χ0n) is 11.6. The fourth-order valence-corrected chi connectivity index (χ4v) is 2.68. The molecule has 6 heteroatoms. The first-order valence-corrected chi connectivity index (χ1v) is 6.89. The maximum Gasteiger partial charge on any atom is 0.330 e. The molecule has 4 N–H and O–H groups in total. The van der Waals surface area contributed by atoms with Crippen LogP contribution in [0.4, 0.5) is 11.5 Å². The first kappa shape index (κ1) is 13.7. The molecule has 1 saturated carbocycles. The third-order valence-electron chi connectivity index (χ3n) is 4.36. The third-order valence-corrected chi connectivity index (χ3v) is 4.36. The van der Waals surface area contributed by atoms with Gasteiger partial charge >= 0.3 is 5.69 Å². The van der Waals surface area contributed by atoms with E-state index in [-0.39, 0.29) is 11.2 Å². The Morgan fingerprint density at radius 1 is 1.37 bits per heavy atom.